The van der Waals surface area contributed by atoms with Crippen molar-refractivity contribution < 1.29 is 18.0 Å². The molecule has 2 aliphatic heterocycles. The molecule has 0 saturated carbocycles. The molecular weight excluding hydrogens is 602 g/mol. The second-order valence-electron chi connectivity index (χ2n) is 10.8. The third-order valence-corrected chi connectivity index (χ3v) is 8.68. The van der Waals surface area contributed by atoms with E-state index in [9.17, 15) is 18.0 Å². The number of pyridine rings is 1. The zero-order valence-electron chi connectivity index (χ0n) is 24.3. The van der Waals surface area contributed by atoms with Crippen LogP contribution in [-0.2, 0) is 4.79 Å². The van der Waals surface area contributed by atoms with Crippen molar-refractivity contribution in [1.82, 2.24) is 30.1 Å². The number of piperazine rings is 1. The number of piperidine rings is 1. The number of hydrogen-bond donors (Lipinski definition) is 2. The van der Waals surface area contributed by atoms with E-state index >= 15 is 0 Å². The average molecular weight is 641 g/mol. The maximum Gasteiger partial charge on any atom is 0.405 e. The molecule has 43 heavy (non-hydrogen) atoms. The van der Waals surface area contributed by atoms with Gasteiger partial charge in [-0.1, -0.05) is 42.3 Å². The van der Waals surface area contributed by atoms with Crippen LogP contribution in [0.15, 0.2) is 48.9 Å². The van der Waals surface area contributed by atoms with Gasteiger partial charge in [0.05, 0.1) is 5.02 Å². The normalized spacial score (nSPS) is 19.4. The summed E-state index contributed by atoms with van der Waals surface area (Å²) < 4.78 is 33.1. The lowest BCUT2D eigenvalue weighted by Crippen LogP contribution is -2.58. The van der Waals surface area contributed by atoms with E-state index in [4.69, 9.17) is 28.2 Å². The van der Waals surface area contributed by atoms with E-state index in [0.29, 0.717) is 23.1 Å². The van der Waals surface area contributed by atoms with Crippen LogP contribution in [0.5, 0.6) is 0 Å². The summed E-state index contributed by atoms with van der Waals surface area (Å²) in [5.74, 6) is 1.67. The van der Waals surface area contributed by atoms with E-state index in [-0.39, 0.29) is 6.41 Å². The number of hydrogen-bond acceptors (Lipinski definition) is 6. The van der Waals surface area contributed by atoms with Crippen LogP contribution in [0.3, 0.4) is 0 Å². The van der Waals surface area contributed by atoms with Crippen LogP contribution in [0.1, 0.15) is 44.7 Å². The number of anilines is 1. The van der Waals surface area contributed by atoms with E-state index in [1.807, 2.05) is 30.6 Å². The number of rotatable bonds is 8. The highest BCUT2D eigenvalue weighted by Crippen LogP contribution is 2.32. The highest BCUT2D eigenvalue weighted by molar-refractivity contribution is 6.33. The van der Waals surface area contributed by atoms with Gasteiger partial charge in [-0.3, -0.25) is 14.6 Å². The predicted octanol–water partition coefficient (Wildman–Crippen LogP) is 6.20. The first-order valence-corrected chi connectivity index (χ1v) is 15.2. The standard InChI is InChI=1S/C27H34Cl2N6.C3H4F3NO/c1-3-23-18-34(27-25(29)16-21(17-32-27)26-30-10-11-31-26)14-15-35(23)24-8-12-33(13-9-24)19(2)20-4-6-22(28)7-5-20;4-3(5,6)1-7-2-8/h4-7,10-11,16-17,19,23-24H,3,8-9,12-15,18H2,1-2H3,(H,30,31);2H,1H2,(H,7,8). The molecule has 0 radical (unpaired) electrons. The fraction of sp³-hybridized carbons (Fsp3) is 0.500. The number of alkyl halides is 3. The Bertz CT molecular complexity index is 1290. The Kier molecular flexibility index (Phi) is 11.7. The fourth-order valence-electron chi connectivity index (χ4n) is 5.84. The Morgan fingerprint density at radius 1 is 1.12 bits per heavy atom. The van der Waals surface area contributed by atoms with Gasteiger partial charge in [0.25, 0.3) is 0 Å². The Labute approximate surface area is 260 Å². The lowest BCUT2D eigenvalue weighted by atomic mass is 9.96. The molecule has 13 heteroatoms. The van der Waals surface area contributed by atoms with Crippen LogP contribution in [-0.4, -0.2) is 88.7 Å². The number of aromatic amines is 1. The third kappa shape index (κ3) is 9.07. The molecule has 3 aromatic rings. The van der Waals surface area contributed by atoms with Crippen molar-refractivity contribution in [2.24, 2.45) is 0 Å². The van der Waals surface area contributed by atoms with Gasteiger partial charge in [0.1, 0.15) is 18.2 Å². The van der Waals surface area contributed by atoms with Gasteiger partial charge >= 0.3 is 6.18 Å². The molecular formula is C30H38Cl2F3N7O. The summed E-state index contributed by atoms with van der Waals surface area (Å²) in [4.78, 5) is 29.1. The number of nitrogens with zero attached hydrogens (tertiary/aromatic N) is 5. The van der Waals surface area contributed by atoms with Crippen molar-refractivity contribution in [3.05, 3.63) is 64.5 Å². The van der Waals surface area contributed by atoms with E-state index in [2.05, 4.69) is 50.6 Å². The molecule has 2 unspecified atom stereocenters. The topological polar surface area (TPSA) is 80.4 Å². The number of carbonyl (C=O) groups excluding carboxylic acids is 1. The molecule has 8 nitrogen and oxygen atoms in total. The van der Waals surface area contributed by atoms with Gasteiger partial charge in [0.15, 0.2) is 0 Å². The largest absolute Gasteiger partial charge is 0.405 e. The summed E-state index contributed by atoms with van der Waals surface area (Å²) in [6.07, 6.45) is 4.69. The van der Waals surface area contributed by atoms with Crippen molar-refractivity contribution in [3.63, 3.8) is 0 Å². The molecule has 4 heterocycles. The molecule has 1 amide bonds. The van der Waals surface area contributed by atoms with Gasteiger partial charge in [-0.2, -0.15) is 13.2 Å². The van der Waals surface area contributed by atoms with E-state index in [1.54, 1.807) is 6.20 Å². The number of halogens is 5. The maximum absolute atomic E-state index is 11.0. The molecule has 0 bridgehead atoms. The molecule has 0 aliphatic carbocycles. The lowest BCUT2D eigenvalue weighted by Gasteiger charge is -2.48. The number of aromatic nitrogens is 3. The van der Waals surface area contributed by atoms with Crippen LogP contribution >= 0.6 is 23.2 Å². The summed E-state index contributed by atoms with van der Waals surface area (Å²) in [5, 5.41) is 2.97. The minimum Gasteiger partial charge on any atom is -0.353 e. The third-order valence-electron chi connectivity index (χ3n) is 8.15. The summed E-state index contributed by atoms with van der Waals surface area (Å²) in [6.45, 7) is 8.58. The van der Waals surface area contributed by atoms with Crippen LogP contribution in [0, 0.1) is 0 Å². The molecule has 2 atom stereocenters. The van der Waals surface area contributed by atoms with Crippen molar-refractivity contribution >= 4 is 35.4 Å². The molecule has 0 spiro atoms. The summed E-state index contributed by atoms with van der Waals surface area (Å²) >= 11 is 12.8. The lowest BCUT2D eigenvalue weighted by molar-refractivity contribution is -0.132. The second kappa shape index (κ2) is 15.2. The highest BCUT2D eigenvalue weighted by atomic mass is 35.5. The zero-order chi connectivity index (χ0) is 31.0. The number of likely N-dealkylation sites (tertiary alicyclic amines) is 1. The summed E-state index contributed by atoms with van der Waals surface area (Å²) in [5.41, 5.74) is 2.25. The molecule has 2 aliphatic rings. The van der Waals surface area contributed by atoms with Gasteiger partial charge in [-0.15, -0.1) is 0 Å². The van der Waals surface area contributed by atoms with Gasteiger partial charge < -0.3 is 15.2 Å². The molecule has 2 saturated heterocycles. The highest BCUT2D eigenvalue weighted by Gasteiger charge is 2.35. The van der Waals surface area contributed by atoms with Crippen molar-refractivity contribution in [2.45, 2.75) is 57.4 Å². The van der Waals surface area contributed by atoms with E-state index in [1.165, 1.54) is 23.7 Å². The number of imidazole rings is 1. The maximum atomic E-state index is 11.0. The summed E-state index contributed by atoms with van der Waals surface area (Å²) in [6, 6.07) is 11.8. The zero-order valence-corrected chi connectivity index (χ0v) is 25.8. The van der Waals surface area contributed by atoms with Gasteiger partial charge in [0, 0.05) is 80.0 Å². The Morgan fingerprint density at radius 3 is 2.40 bits per heavy atom. The predicted molar refractivity (Wildman–Crippen MR) is 164 cm³/mol. The molecule has 2 aromatic heterocycles. The SMILES string of the molecule is CCC1CN(c2ncc(-c3ncc[nH]3)cc2Cl)CCN1C1CCN(C(C)c2ccc(Cl)cc2)CC1.O=CNCC(F)(F)F. The quantitative estimate of drug-likeness (QED) is 0.286. The average Bonchev–Trinajstić information content (AvgIpc) is 3.55. The summed E-state index contributed by atoms with van der Waals surface area (Å²) in [7, 11) is 0. The minimum absolute atomic E-state index is 0.00743. The monoisotopic (exact) mass is 639 g/mol. The van der Waals surface area contributed by atoms with Crippen LogP contribution in [0.2, 0.25) is 10.0 Å². The van der Waals surface area contributed by atoms with Crippen molar-refractivity contribution in [2.75, 3.05) is 44.2 Å². The Balaban J connectivity index is 0.000000467. The van der Waals surface area contributed by atoms with Gasteiger partial charge in [0.2, 0.25) is 6.41 Å². The van der Waals surface area contributed by atoms with Crippen LogP contribution < -0.4 is 10.2 Å². The smallest absolute Gasteiger partial charge is 0.353 e. The molecule has 1 aromatic carbocycles. The first kappa shape index (κ1) is 33.0. The van der Waals surface area contributed by atoms with E-state index in [0.717, 1.165) is 61.4 Å². The molecule has 234 valence electrons. The number of carbonyl (C=O) groups is 1. The minimum atomic E-state index is -4.29. The van der Waals surface area contributed by atoms with Crippen molar-refractivity contribution in [1.29, 1.82) is 0 Å². The van der Waals surface area contributed by atoms with Gasteiger partial charge in [-0.25, -0.2) is 9.97 Å². The van der Waals surface area contributed by atoms with E-state index < -0.39 is 12.7 Å². The fourth-order valence-corrected chi connectivity index (χ4v) is 6.25. The molecule has 2 fully saturated rings. The Morgan fingerprint density at radius 2 is 1.84 bits per heavy atom. The van der Waals surface area contributed by atoms with Crippen molar-refractivity contribution in [3.8, 4) is 11.4 Å². The van der Waals surface area contributed by atoms with Gasteiger partial charge in [-0.05, 0) is 49.9 Å². The molecule has 2 N–H and O–H groups in total. The Hall–Kier alpha value is -2.86. The number of amides is 1. The number of nitrogens with one attached hydrogen (secondary N) is 2. The molecule has 5 rings (SSSR count). The second-order valence-corrected chi connectivity index (χ2v) is 11.7. The van der Waals surface area contributed by atoms with Crippen LogP contribution in [0.25, 0.3) is 11.4 Å². The number of H-pyrrole nitrogens is 1. The first-order chi connectivity index (χ1) is 20.6. The first-order valence-electron chi connectivity index (χ1n) is 14.5. The van der Waals surface area contributed by atoms with Crippen LogP contribution in [0.4, 0.5) is 19.0 Å². The number of benzene rings is 1.